The number of benzene rings is 1. The third-order valence-electron chi connectivity index (χ3n) is 4.71. The fraction of sp³-hybridized carbons (Fsp3) is 0.250. The first-order valence-corrected chi connectivity index (χ1v) is 9.67. The highest BCUT2D eigenvalue weighted by Gasteiger charge is 2.18. The van der Waals surface area contributed by atoms with Gasteiger partial charge < -0.3 is 9.64 Å². The molecule has 0 aliphatic heterocycles. The lowest BCUT2D eigenvalue weighted by molar-refractivity contribution is 0.414. The van der Waals surface area contributed by atoms with Crippen molar-refractivity contribution in [2.24, 2.45) is 0 Å². The maximum atomic E-state index is 13.1. The van der Waals surface area contributed by atoms with Gasteiger partial charge in [-0.1, -0.05) is 0 Å². The first kappa shape index (κ1) is 17.5. The van der Waals surface area contributed by atoms with E-state index in [-0.39, 0.29) is 5.56 Å². The standard InChI is InChI=1S/C20H20N4O2S/c1-4-23(5-2)15-10-11-21-19-16(15)17-18(27-19)20(25)24(12-22-17)13-6-8-14(26-3)9-7-13/h6-12H,4-5H2,1-3H3. The van der Waals surface area contributed by atoms with Crippen LogP contribution in [0.25, 0.3) is 26.1 Å². The van der Waals surface area contributed by atoms with E-state index in [0.29, 0.717) is 4.70 Å². The van der Waals surface area contributed by atoms with E-state index in [1.807, 2.05) is 30.3 Å². The van der Waals surface area contributed by atoms with Gasteiger partial charge in [-0.2, -0.15) is 0 Å². The van der Waals surface area contributed by atoms with E-state index >= 15 is 0 Å². The lowest BCUT2D eigenvalue weighted by Crippen LogP contribution is -2.22. The molecule has 0 N–H and O–H groups in total. The zero-order chi connectivity index (χ0) is 19.0. The number of rotatable bonds is 5. The van der Waals surface area contributed by atoms with Crippen LogP contribution in [-0.4, -0.2) is 34.7 Å². The number of ether oxygens (including phenoxy) is 1. The summed E-state index contributed by atoms with van der Waals surface area (Å²) in [5.74, 6) is 0.746. The molecule has 1 aromatic carbocycles. The molecule has 0 amide bonds. The summed E-state index contributed by atoms with van der Waals surface area (Å²) >= 11 is 1.40. The number of hydrogen-bond acceptors (Lipinski definition) is 6. The van der Waals surface area contributed by atoms with Gasteiger partial charge in [0.15, 0.2) is 0 Å². The minimum Gasteiger partial charge on any atom is -0.497 e. The molecule has 4 aromatic rings. The van der Waals surface area contributed by atoms with Gasteiger partial charge in [-0.15, -0.1) is 11.3 Å². The van der Waals surface area contributed by atoms with Crippen molar-refractivity contribution < 1.29 is 4.74 Å². The number of pyridine rings is 1. The van der Waals surface area contributed by atoms with Crippen LogP contribution in [-0.2, 0) is 0 Å². The fourth-order valence-corrected chi connectivity index (χ4v) is 4.34. The first-order valence-electron chi connectivity index (χ1n) is 8.86. The van der Waals surface area contributed by atoms with Crippen LogP contribution in [0.15, 0.2) is 47.7 Å². The lowest BCUT2D eigenvalue weighted by atomic mass is 10.2. The van der Waals surface area contributed by atoms with E-state index in [1.54, 1.807) is 24.2 Å². The smallest absolute Gasteiger partial charge is 0.275 e. The summed E-state index contributed by atoms with van der Waals surface area (Å²) in [7, 11) is 1.62. The molecule has 6 nitrogen and oxygen atoms in total. The molecule has 0 spiro atoms. The van der Waals surface area contributed by atoms with E-state index in [0.717, 1.165) is 45.9 Å². The molecule has 0 saturated carbocycles. The largest absolute Gasteiger partial charge is 0.497 e. The molecule has 3 heterocycles. The van der Waals surface area contributed by atoms with Gasteiger partial charge in [0.25, 0.3) is 5.56 Å². The zero-order valence-electron chi connectivity index (χ0n) is 15.5. The fourth-order valence-electron chi connectivity index (χ4n) is 3.29. The van der Waals surface area contributed by atoms with Crippen molar-refractivity contribution in [3.8, 4) is 11.4 Å². The van der Waals surface area contributed by atoms with Gasteiger partial charge >= 0.3 is 0 Å². The predicted molar refractivity (Wildman–Crippen MR) is 111 cm³/mol. The van der Waals surface area contributed by atoms with Crippen molar-refractivity contribution in [1.82, 2.24) is 14.5 Å². The molecule has 0 unspecified atom stereocenters. The minimum absolute atomic E-state index is 0.0846. The Labute approximate surface area is 160 Å². The number of aromatic nitrogens is 3. The Morgan fingerprint density at radius 1 is 1.11 bits per heavy atom. The SMILES string of the molecule is CCN(CC)c1ccnc2sc3c(=O)n(-c4ccc(OC)cc4)cnc3c12. The van der Waals surface area contributed by atoms with Gasteiger partial charge in [0.1, 0.15) is 27.1 Å². The highest BCUT2D eigenvalue weighted by Crippen LogP contribution is 2.35. The normalized spacial score (nSPS) is 11.2. The van der Waals surface area contributed by atoms with Crippen LogP contribution in [0.2, 0.25) is 0 Å². The second-order valence-electron chi connectivity index (χ2n) is 6.08. The molecule has 138 valence electrons. The number of hydrogen-bond donors (Lipinski definition) is 0. The highest BCUT2D eigenvalue weighted by atomic mass is 32.1. The van der Waals surface area contributed by atoms with Crippen LogP contribution in [0, 0.1) is 0 Å². The Morgan fingerprint density at radius 3 is 2.52 bits per heavy atom. The van der Waals surface area contributed by atoms with Gasteiger partial charge in [-0.05, 0) is 44.2 Å². The van der Waals surface area contributed by atoms with Crippen LogP contribution in [0.5, 0.6) is 5.75 Å². The molecule has 0 atom stereocenters. The minimum atomic E-state index is -0.0846. The number of methoxy groups -OCH3 is 1. The van der Waals surface area contributed by atoms with Crippen LogP contribution >= 0.6 is 11.3 Å². The summed E-state index contributed by atoms with van der Waals surface area (Å²) < 4.78 is 7.37. The average molecular weight is 380 g/mol. The van der Waals surface area contributed by atoms with Gasteiger partial charge in [-0.3, -0.25) is 9.36 Å². The van der Waals surface area contributed by atoms with Gasteiger partial charge in [0.2, 0.25) is 0 Å². The third-order valence-corrected chi connectivity index (χ3v) is 5.79. The maximum Gasteiger partial charge on any atom is 0.275 e. The molecule has 27 heavy (non-hydrogen) atoms. The predicted octanol–water partition coefficient (Wildman–Crippen LogP) is 3.85. The summed E-state index contributed by atoms with van der Waals surface area (Å²) in [6, 6.07) is 9.35. The van der Waals surface area contributed by atoms with E-state index in [1.165, 1.54) is 11.3 Å². The van der Waals surface area contributed by atoms with Gasteiger partial charge in [-0.25, -0.2) is 9.97 Å². The maximum absolute atomic E-state index is 13.1. The van der Waals surface area contributed by atoms with E-state index in [9.17, 15) is 4.79 Å². The van der Waals surface area contributed by atoms with Crippen LogP contribution in [0.4, 0.5) is 5.69 Å². The lowest BCUT2D eigenvalue weighted by Gasteiger charge is -2.21. The Morgan fingerprint density at radius 2 is 1.85 bits per heavy atom. The molecule has 4 rings (SSSR count). The van der Waals surface area contributed by atoms with Gasteiger partial charge in [0.05, 0.1) is 23.9 Å². The molecule has 0 aliphatic carbocycles. The molecular weight excluding hydrogens is 360 g/mol. The molecular formula is C20H20N4O2S. The number of fused-ring (bicyclic) bond motifs is 3. The Balaban J connectivity index is 1.95. The summed E-state index contributed by atoms with van der Waals surface area (Å²) in [4.78, 5) is 25.3. The van der Waals surface area contributed by atoms with Crippen molar-refractivity contribution in [2.45, 2.75) is 13.8 Å². The highest BCUT2D eigenvalue weighted by molar-refractivity contribution is 7.25. The average Bonchev–Trinajstić information content (AvgIpc) is 3.10. The van der Waals surface area contributed by atoms with E-state index in [2.05, 4.69) is 28.7 Å². The summed E-state index contributed by atoms with van der Waals surface area (Å²) in [5.41, 5.74) is 2.47. The molecule has 7 heteroatoms. The van der Waals surface area contributed by atoms with Crippen LogP contribution in [0.1, 0.15) is 13.8 Å². The quantitative estimate of drug-likeness (QED) is 0.526. The monoisotopic (exact) mass is 380 g/mol. The molecule has 0 bridgehead atoms. The Bertz CT molecular complexity index is 1160. The second-order valence-corrected chi connectivity index (χ2v) is 7.08. The number of anilines is 1. The second kappa shape index (κ2) is 7.00. The van der Waals surface area contributed by atoms with Crippen molar-refractivity contribution in [3.63, 3.8) is 0 Å². The summed E-state index contributed by atoms with van der Waals surface area (Å²) in [6.45, 7) is 6.01. The van der Waals surface area contributed by atoms with Crippen molar-refractivity contribution >= 4 is 37.5 Å². The van der Waals surface area contributed by atoms with E-state index < -0.39 is 0 Å². The topological polar surface area (TPSA) is 60.2 Å². The van der Waals surface area contributed by atoms with Crippen molar-refractivity contribution in [1.29, 1.82) is 0 Å². The molecule has 0 saturated heterocycles. The molecule has 3 aromatic heterocycles. The van der Waals surface area contributed by atoms with Crippen LogP contribution < -0.4 is 15.2 Å². The number of nitrogens with zero attached hydrogens (tertiary/aromatic N) is 4. The molecule has 0 radical (unpaired) electrons. The zero-order valence-corrected chi connectivity index (χ0v) is 16.3. The third kappa shape index (κ3) is 2.84. The number of thiophene rings is 1. The van der Waals surface area contributed by atoms with Gasteiger partial charge in [0, 0.05) is 19.3 Å². The summed E-state index contributed by atoms with van der Waals surface area (Å²) in [6.07, 6.45) is 3.39. The Kier molecular flexibility index (Phi) is 4.53. The van der Waals surface area contributed by atoms with Crippen molar-refractivity contribution in [3.05, 3.63) is 53.2 Å². The Hall–Kier alpha value is -2.93. The summed E-state index contributed by atoms with van der Waals surface area (Å²) in [5, 5.41) is 0.959. The molecule has 0 aliphatic rings. The molecule has 0 fully saturated rings. The first-order chi connectivity index (χ1) is 13.2. The van der Waals surface area contributed by atoms with Crippen LogP contribution in [0.3, 0.4) is 0 Å². The van der Waals surface area contributed by atoms with Crippen molar-refractivity contribution in [2.75, 3.05) is 25.1 Å². The van der Waals surface area contributed by atoms with E-state index in [4.69, 9.17) is 4.74 Å².